The Morgan fingerprint density at radius 2 is 2.00 bits per heavy atom. The summed E-state index contributed by atoms with van der Waals surface area (Å²) < 4.78 is 6.35. The van der Waals surface area contributed by atoms with Crippen molar-refractivity contribution in [3.63, 3.8) is 0 Å². The molecule has 0 saturated heterocycles. The molecule has 2 rings (SSSR count). The van der Waals surface area contributed by atoms with Gasteiger partial charge in [-0.3, -0.25) is 0 Å². The summed E-state index contributed by atoms with van der Waals surface area (Å²) in [6.45, 7) is 2.82. The fraction of sp³-hybridized carbons (Fsp3) is 0.467. The number of nitrogens with zero attached hydrogens (tertiary/aromatic N) is 2. The van der Waals surface area contributed by atoms with Gasteiger partial charge >= 0.3 is 0 Å². The molecule has 0 bridgehead atoms. The van der Waals surface area contributed by atoms with Crippen LogP contribution in [0.25, 0.3) is 11.4 Å². The molecule has 0 radical (unpaired) electrons. The molecule has 0 amide bonds. The molecule has 1 aromatic carbocycles. The van der Waals surface area contributed by atoms with Crippen LogP contribution in [0.1, 0.15) is 37.1 Å². The van der Waals surface area contributed by atoms with Gasteiger partial charge in [0.25, 0.3) is 0 Å². The minimum absolute atomic E-state index is 0.655. The van der Waals surface area contributed by atoms with Gasteiger partial charge in [0.2, 0.25) is 11.7 Å². The molecule has 0 spiro atoms. The molecule has 0 aliphatic carbocycles. The highest BCUT2D eigenvalue weighted by molar-refractivity contribution is 9.10. The smallest absolute Gasteiger partial charge is 0.226 e. The number of benzene rings is 1. The van der Waals surface area contributed by atoms with E-state index in [9.17, 15) is 0 Å². The molecule has 108 valence electrons. The van der Waals surface area contributed by atoms with E-state index in [-0.39, 0.29) is 0 Å². The van der Waals surface area contributed by atoms with Gasteiger partial charge in [0.05, 0.1) is 0 Å². The quantitative estimate of drug-likeness (QED) is 0.779. The first-order valence-corrected chi connectivity index (χ1v) is 7.79. The van der Waals surface area contributed by atoms with Crippen LogP contribution in [0.4, 0.5) is 0 Å². The molecule has 2 N–H and O–H groups in total. The zero-order chi connectivity index (χ0) is 14.4. The van der Waals surface area contributed by atoms with E-state index in [2.05, 4.69) is 33.0 Å². The number of nitrogens with two attached hydrogens (primary N) is 1. The summed E-state index contributed by atoms with van der Waals surface area (Å²) in [6, 6.07) is 6.07. The molecule has 1 heterocycles. The van der Waals surface area contributed by atoms with Crippen LogP contribution in [0.5, 0.6) is 0 Å². The Morgan fingerprint density at radius 1 is 1.20 bits per heavy atom. The second-order valence-electron chi connectivity index (χ2n) is 4.93. The second-order valence-corrected chi connectivity index (χ2v) is 5.78. The SMILES string of the molecule is Cc1ccc(-c2noc(CCCCCCN)n2)cc1Br. The Kier molecular flexibility index (Phi) is 5.73. The Hall–Kier alpha value is -1.20. The van der Waals surface area contributed by atoms with Gasteiger partial charge in [-0.2, -0.15) is 4.98 Å². The zero-order valence-corrected chi connectivity index (χ0v) is 13.3. The average Bonchev–Trinajstić information content (AvgIpc) is 2.90. The van der Waals surface area contributed by atoms with Gasteiger partial charge in [0.1, 0.15) is 0 Å². The van der Waals surface area contributed by atoms with Crippen LogP contribution in [0.15, 0.2) is 27.2 Å². The maximum absolute atomic E-state index is 5.47. The van der Waals surface area contributed by atoms with Gasteiger partial charge < -0.3 is 10.3 Å². The molecule has 0 saturated carbocycles. The topological polar surface area (TPSA) is 64.9 Å². The summed E-state index contributed by atoms with van der Waals surface area (Å²) in [6.07, 6.45) is 5.32. The van der Waals surface area contributed by atoms with Crippen molar-refractivity contribution in [2.24, 2.45) is 5.73 Å². The van der Waals surface area contributed by atoms with E-state index in [0.717, 1.165) is 42.3 Å². The molecule has 5 heteroatoms. The summed E-state index contributed by atoms with van der Waals surface area (Å²) in [5.41, 5.74) is 7.63. The van der Waals surface area contributed by atoms with Crippen LogP contribution >= 0.6 is 15.9 Å². The van der Waals surface area contributed by atoms with E-state index in [1.54, 1.807) is 0 Å². The monoisotopic (exact) mass is 337 g/mol. The maximum atomic E-state index is 5.47. The molecule has 0 atom stereocenters. The van der Waals surface area contributed by atoms with E-state index in [0.29, 0.717) is 11.7 Å². The lowest BCUT2D eigenvalue weighted by Crippen LogP contribution is -1.97. The highest BCUT2D eigenvalue weighted by Gasteiger charge is 2.09. The molecule has 4 nitrogen and oxygen atoms in total. The fourth-order valence-corrected chi connectivity index (χ4v) is 2.36. The summed E-state index contributed by atoms with van der Waals surface area (Å²) in [5, 5.41) is 4.05. The van der Waals surface area contributed by atoms with Crippen molar-refractivity contribution in [2.75, 3.05) is 6.54 Å². The predicted octanol–water partition coefficient (Wildman–Crippen LogP) is 3.87. The van der Waals surface area contributed by atoms with Crippen LogP contribution in [-0.2, 0) is 6.42 Å². The molecule has 0 fully saturated rings. The van der Waals surface area contributed by atoms with Crippen LogP contribution in [-0.4, -0.2) is 16.7 Å². The number of hydrogen-bond acceptors (Lipinski definition) is 4. The first-order valence-electron chi connectivity index (χ1n) is 7.00. The summed E-state index contributed by atoms with van der Waals surface area (Å²) in [4.78, 5) is 4.45. The molecule has 0 aliphatic rings. The normalized spacial score (nSPS) is 10.9. The number of hydrogen-bond donors (Lipinski definition) is 1. The largest absolute Gasteiger partial charge is 0.339 e. The highest BCUT2D eigenvalue weighted by atomic mass is 79.9. The van der Waals surface area contributed by atoms with Crippen LogP contribution < -0.4 is 5.73 Å². The molecule has 0 unspecified atom stereocenters. The molecule has 20 heavy (non-hydrogen) atoms. The van der Waals surface area contributed by atoms with Gasteiger partial charge in [0, 0.05) is 16.5 Å². The number of halogens is 1. The van der Waals surface area contributed by atoms with Crippen LogP contribution in [0.2, 0.25) is 0 Å². The van der Waals surface area contributed by atoms with Crippen molar-refractivity contribution in [1.29, 1.82) is 0 Å². The van der Waals surface area contributed by atoms with Crippen molar-refractivity contribution in [3.8, 4) is 11.4 Å². The van der Waals surface area contributed by atoms with Crippen molar-refractivity contribution in [3.05, 3.63) is 34.1 Å². The molecule has 1 aromatic heterocycles. The first kappa shape index (κ1) is 15.2. The first-order chi connectivity index (χ1) is 9.70. The van der Waals surface area contributed by atoms with E-state index in [4.69, 9.17) is 10.3 Å². The minimum atomic E-state index is 0.655. The minimum Gasteiger partial charge on any atom is -0.339 e. The number of aromatic nitrogens is 2. The molecular weight excluding hydrogens is 318 g/mol. The third-order valence-electron chi connectivity index (χ3n) is 3.24. The van der Waals surface area contributed by atoms with Crippen molar-refractivity contribution < 1.29 is 4.52 Å². The van der Waals surface area contributed by atoms with Crippen molar-refractivity contribution in [1.82, 2.24) is 10.1 Å². The molecule has 2 aromatic rings. The second kappa shape index (κ2) is 7.55. The lowest BCUT2D eigenvalue weighted by atomic mass is 10.1. The average molecular weight is 338 g/mol. The summed E-state index contributed by atoms with van der Waals surface area (Å²) in [7, 11) is 0. The third-order valence-corrected chi connectivity index (χ3v) is 4.10. The predicted molar refractivity (Wildman–Crippen MR) is 83.4 cm³/mol. The van der Waals surface area contributed by atoms with Crippen molar-refractivity contribution >= 4 is 15.9 Å². The Bertz CT molecular complexity index is 554. The van der Waals surface area contributed by atoms with Crippen molar-refractivity contribution in [2.45, 2.75) is 39.0 Å². The maximum Gasteiger partial charge on any atom is 0.226 e. The lowest BCUT2D eigenvalue weighted by Gasteiger charge is -1.99. The fourth-order valence-electron chi connectivity index (χ4n) is 1.98. The van der Waals surface area contributed by atoms with Gasteiger partial charge in [0.15, 0.2) is 0 Å². The van der Waals surface area contributed by atoms with Gasteiger partial charge in [-0.05, 0) is 37.9 Å². The standard InChI is InChI=1S/C15H20BrN3O/c1-11-7-8-12(10-13(11)16)15-18-14(20-19-15)6-4-2-3-5-9-17/h7-8,10H,2-6,9,17H2,1H3. The zero-order valence-electron chi connectivity index (χ0n) is 11.7. The number of aryl methyl sites for hydroxylation is 2. The Labute approximate surface area is 127 Å². The van der Waals surface area contributed by atoms with E-state index < -0.39 is 0 Å². The van der Waals surface area contributed by atoms with Crippen LogP contribution in [0.3, 0.4) is 0 Å². The highest BCUT2D eigenvalue weighted by Crippen LogP contribution is 2.23. The van der Waals surface area contributed by atoms with E-state index in [1.165, 1.54) is 12.0 Å². The van der Waals surface area contributed by atoms with Crippen LogP contribution in [0, 0.1) is 6.92 Å². The van der Waals surface area contributed by atoms with Gasteiger partial charge in [-0.25, -0.2) is 0 Å². The lowest BCUT2D eigenvalue weighted by molar-refractivity contribution is 0.374. The number of rotatable bonds is 7. The molecule has 0 aliphatic heterocycles. The summed E-state index contributed by atoms with van der Waals surface area (Å²) in [5.74, 6) is 1.37. The van der Waals surface area contributed by atoms with Gasteiger partial charge in [-0.1, -0.05) is 46.1 Å². The van der Waals surface area contributed by atoms with Gasteiger partial charge in [-0.15, -0.1) is 0 Å². The Morgan fingerprint density at radius 3 is 2.75 bits per heavy atom. The third kappa shape index (κ3) is 4.15. The number of unbranched alkanes of at least 4 members (excludes halogenated alkanes) is 3. The van der Waals surface area contributed by atoms with E-state index in [1.807, 2.05) is 18.2 Å². The van der Waals surface area contributed by atoms with E-state index >= 15 is 0 Å². The summed E-state index contributed by atoms with van der Waals surface area (Å²) >= 11 is 3.52. The Balaban J connectivity index is 1.93. The molecular formula is C15H20BrN3O.